The highest BCUT2D eigenvalue weighted by molar-refractivity contribution is 8.18. The van der Waals surface area contributed by atoms with Gasteiger partial charge in [-0.15, -0.1) is 0 Å². The fraction of sp³-hybridized carbons (Fsp3) is 0.222. The van der Waals surface area contributed by atoms with E-state index < -0.39 is 4.92 Å². The Morgan fingerprint density at radius 1 is 1.26 bits per heavy atom. The SMILES string of the molecule is COc1ccc([N+](=O)[O-])cc1-c1ccc(/C=C2/SC(=O)N(C(C)C)C2=O)o1. The lowest BCUT2D eigenvalue weighted by atomic mass is 10.1. The minimum atomic E-state index is -0.505. The molecule has 1 aromatic carbocycles. The molecule has 1 aliphatic rings. The average molecular weight is 388 g/mol. The van der Waals surface area contributed by atoms with Crippen LogP contribution in [0, 0.1) is 10.1 Å². The van der Waals surface area contributed by atoms with Gasteiger partial charge in [0.25, 0.3) is 16.8 Å². The number of benzene rings is 1. The molecule has 0 radical (unpaired) electrons. The molecule has 9 heteroatoms. The minimum absolute atomic E-state index is 0.0956. The van der Waals surface area contributed by atoms with Gasteiger partial charge >= 0.3 is 0 Å². The van der Waals surface area contributed by atoms with Gasteiger partial charge in [0.2, 0.25) is 0 Å². The first kappa shape index (κ1) is 18.7. The Hall–Kier alpha value is -3.07. The van der Waals surface area contributed by atoms with Gasteiger partial charge in [-0.25, -0.2) is 0 Å². The summed E-state index contributed by atoms with van der Waals surface area (Å²) in [5.74, 6) is 0.755. The van der Waals surface area contributed by atoms with Gasteiger partial charge in [0.15, 0.2) is 0 Å². The molecule has 0 unspecified atom stereocenters. The first-order chi connectivity index (χ1) is 12.8. The number of furan rings is 1. The number of nitrogens with zero attached hydrogens (tertiary/aromatic N) is 2. The number of thioether (sulfide) groups is 1. The highest BCUT2D eigenvalue weighted by atomic mass is 32.2. The molecule has 1 saturated heterocycles. The molecule has 0 N–H and O–H groups in total. The summed E-state index contributed by atoms with van der Waals surface area (Å²) >= 11 is 0.849. The summed E-state index contributed by atoms with van der Waals surface area (Å²) < 4.78 is 11.0. The molecular formula is C18H16N2O6S. The monoisotopic (exact) mass is 388 g/mol. The van der Waals surface area contributed by atoms with Crippen LogP contribution in [0.15, 0.2) is 39.7 Å². The largest absolute Gasteiger partial charge is 0.496 e. The van der Waals surface area contributed by atoms with Crippen molar-refractivity contribution in [2.75, 3.05) is 7.11 Å². The number of nitro groups is 1. The molecule has 2 aromatic rings. The Kier molecular flexibility index (Phi) is 5.04. The summed E-state index contributed by atoms with van der Waals surface area (Å²) in [5.41, 5.74) is 0.323. The number of carbonyl (C=O) groups is 2. The molecule has 1 aliphatic heterocycles. The number of nitro benzene ring substituents is 1. The Morgan fingerprint density at radius 2 is 2.00 bits per heavy atom. The summed E-state index contributed by atoms with van der Waals surface area (Å²) in [5, 5.41) is 10.7. The van der Waals surface area contributed by atoms with Crippen LogP contribution in [0.25, 0.3) is 17.4 Å². The van der Waals surface area contributed by atoms with Crippen molar-refractivity contribution in [2.24, 2.45) is 0 Å². The molecule has 0 aliphatic carbocycles. The smallest absolute Gasteiger partial charge is 0.293 e. The molecule has 140 valence electrons. The number of methoxy groups -OCH3 is 1. The Morgan fingerprint density at radius 3 is 2.59 bits per heavy atom. The lowest BCUT2D eigenvalue weighted by Crippen LogP contribution is -2.34. The zero-order chi connectivity index (χ0) is 19.7. The summed E-state index contributed by atoms with van der Waals surface area (Å²) in [4.78, 5) is 36.3. The van der Waals surface area contributed by atoms with Crippen LogP contribution in [0.5, 0.6) is 5.75 Å². The molecule has 3 rings (SSSR count). The number of hydrogen-bond acceptors (Lipinski definition) is 7. The van der Waals surface area contributed by atoms with Gasteiger partial charge in [-0.2, -0.15) is 0 Å². The lowest BCUT2D eigenvalue weighted by Gasteiger charge is -2.16. The van der Waals surface area contributed by atoms with E-state index >= 15 is 0 Å². The fourth-order valence-corrected chi connectivity index (χ4v) is 3.57. The molecular weight excluding hydrogens is 372 g/mol. The second-order valence-electron chi connectivity index (χ2n) is 5.99. The van der Waals surface area contributed by atoms with Gasteiger partial charge in [-0.1, -0.05) is 0 Å². The lowest BCUT2D eigenvalue weighted by molar-refractivity contribution is -0.384. The predicted molar refractivity (Wildman–Crippen MR) is 100 cm³/mol. The van der Waals surface area contributed by atoms with Crippen LogP contribution in [0.4, 0.5) is 10.5 Å². The summed E-state index contributed by atoms with van der Waals surface area (Å²) in [6, 6.07) is 7.20. The van der Waals surface area contributed by atoms with E-state index in [1.807, 2.05) is 0 Å². The van der Waals surface area contributed by atoms with Crippen LogP contribution < -0.4 is 4.74 Å². The Labute approximate surface area is 158 Å². The number of rotatable bonds is 5. The van der Waals surface area contributed by atoms with Crippen molar-refractivity contribution in [3.8, 4) is 17.1 Å². The fourth-order valence-electron chi connectivity index (χ4n) is 2.63. The van der Waals surface area contributed by atoms with E-state index in [0.29, 0.717) is 22.8 Å². The van der Waals surface area contributed by atoms with E-state index in [1.165, 1.54) is 36.3 Å². The first-order valence-electron chi connectivity index (χ1n) is 8.01. The number of amides is 2. The van der Waals surface area contributed by atoms with E-state index in [0.717, 1.165) is 11.8 Å². The van der Waals surface area contributed by atoms with E-state index in [1.54, 1.807) is 26.0 Å². The Bertz CT molecular complexity index is 963. The van der Waals surface area contributed by atoms with Gasteiger partial charge in [0.1, 0.15) is 17.3 Å². The minimum Gasteiger partial charge on any atom is -0.496 e. The van der Waals surface area contributed by atoms with Gasteiger partial charge in [0.05, 0.1) is 22.5 Å². The van der Waals surface area contributed by atoms with E-state index in [9.17, 15) is 19.7 Å². The molecule has 0 atom stereocenters. The number of imide groups is 1. The molecule has 0 spiro atoms. The zero-order valence-corrected chi connectivity index (χ0v) is 15.6. The van der Waals surface area contributed by atoms with Crippen molar-refractivity contribution in [1.82, 2.24) is 4.90 Å². The van der Waals surface area contributed by atoms with Crippen LogP contribution in [-0.4, -0.2) is 34.1 Å². The second-order valence-corrected chi connectivity index (χ2v) is 6.98. The molecule has 0 saturated carbocycles. The van der Waals surface area contributed by atoms with Gasteiger partial charge < -0.3 is 9.15 Å². The number of carbonyl (C=O) groups excluding carboxylic acids is 2. The van der Waals surface area contributed by atoms with Crippen molar-refractivity contribution >= 4 is 34.7 Å². The highest BCUT2D eigenvalue weighted by Gasteiger charge is 2.36. The van der Waals surface area contributed by atoms with Gasteiger partial charge in [0, 0.05) is 24.3 Å². The maximum atomic E-state index is 12.3. The van der Waals surface area contributed by atoms with E-state index in [2.05, 4.69) is 0 Å². The zero-order valence-electron chi connectivity index (χ0n) is 14.8. The molecule has 2 amide bonds. The molecule has 8 nitrogen and oxygen atoms in total. The molecule has 1 fully saturated rings. The van der Waals surface area contributed by atoms with Gasteiger partial charge in [-0.3, -0.25) is 24.6 Å². The Balaban J connectivity index is 1.94. The average Bonchev–Trinajstić information content (AvgIpc) is 3.19. The van der Waals surface area contributed by atoms with Crippen LogP contribution in [-0.2, 0) is 4.79 Å². The van der Waals surface area contributed by atoms with Gasteiger partial charge in [-0.05, 0) is 43.8 Å². The number of non-ortho nitro benzene ring substituents is 1. The summed E-state index contributed by atoms with van der Waals surface area (Å²) in [7, 11) is 1.45. The van der Waals surface area contributed by atoms with Crippen LogP contribution in [0.1, 0.15) is 19.6 Å². The van der Waals surface area contributed by atoms with Crippen molar-refractivity contribution in [2.45, 2.75) is 19.9 Å². The van der Waals surface area contributed by atoms with E-state index in [-0.39, 0.29) is 27.8 Å². The second kappa shape index (κ2) is 7.28. The van der Waals surface area contributed by atoms with Crippen LogP contribution in [0.2, 0.25) is 0 Å². The third-order valence-electron chi connectivity index (χ3n) is 3.90. The maximum Gasteiger partial charge on any atom is 0.293 e. The summed E-state index contributed by atoms with van der Waals surface area (Å²) in [6.07, 6.45) is 1.49. The first-order valence-corrected chi connectivity index (χ1v) is 8.83. The molecule has 2 heterocycles. The number of hydrogen-bond donors (Lipinski definition) is 0. The third kappa shape index (κ3) is 3.59. The third-order valence-corrected chi connectivity index (χ3v) is 4.78. The summed E-state index contributed by atoms with van der Waals surface area (Å²) in [6.45, 7) is 3.53. The number of ether oxygens (including phenoxy) is 1. The topological polar surface area (TPSA) is 103 Å². The van der Waals surface area contributed by atoms with Crippen molar-refractivity contribution in [3.05, 3.63) is 51.1 Å². The normalized spacial score (nSPS) is 15.9. The van der Waals surface area contributed by atoms with E-state index in [4.69, 9.17) is 9.15 Å². The predicted octanol–water partition coefficient (Wildman–Crippen LogP) is 4.31. The quantitative estimate of drug-likeness (QED) is 0.427. The maximum absolute atomic E-state index is 12.3. The van der Waals surface area contributed by atoms with Crippen molar-refractivity contribution in [1.29, 1.82) is 0 Å². The van der Waals surface area contributed by atoms with Crippen molar-refractivity contribution < 1.29 is 23.7 Å². The van der Waals surface area contributed by atoms with Crippen LogP contribution in [0.3, 0.4) is 0 Å². The molecule has 0 bridgehead atoms. The molecule has 27 heavy (non-hydrogen) atoms. The standard InChI is InChI=1S/C18H16N2O6S/c1-10(2)19-17(21)16(27-18(19)22)9-12-5-7-15(26-12)13-8-11(20(23)24)4-6-14(13)25-3/h4-10H,1-3H3/b16-9+. The highest BCUT2D eigenvalue weighted by Crippen LogP contribution is 2.37. The molecule has 1 aromatic heterocycles. The van der Waals surface area contributed by atoms with Crippen LogP contribution >= 0.6 is 11.8 Å². The van der Waals surface area contributed by atoms with Crippen molar-refractivity contribution in [3.63, 3.8) is 0 Å².